The van der Waals surface area contributed by atoms with Crippen molar-refractivity contribution < 1.29 is 14.3 Å². The number of fused-ring (bicyclic) bond motifs is 1. The molecule has 0 aromatic carbocycles. The van der Waals surface area contributed by atoms with Crippen LogP contribution < -0.4 is 16.0 Å². The number of anilines is 1. The van der Waals surface area contributed by atoms with Crippen molar-refractivity contribution >= 4 is 40.4 Å². The van der Waals surface area contributed by atoms with Gasteiger partial charge in [0.15, 0.2) is 5.65 Å². The Morgan fingerprint density at radius 2 is 1.97 bits per heavy atom. The number of amides is 3. The second-order valence-electron chi connectivity index (χ2n) is 7.54. The number of pyridine rings is 1. The number of rotatable bonds is 6. The Morgan fingerprint density at radius 3 is 2.71 bits per heavy atom. The molecule has 0 aliphatic rings. The smallest absolute Gasteiger partial charge is 0.407 e. The fraction of sp³-hybridized carbons (Fsp3) is 0.286. The average Bonchev–Trinajstić information content (AvgIpc) is 3.18. The van der Waals surface area contributed by atoms with E-state index in [-0.39, 0.29) is 6.03 Å². The van der Waals surface area contributed by atoms with Gasteiger partial charge in [-0.1, -0.05) is 6.08 Å². The Kier molecular flexibility index (Phi) is 6.81. The van der Waals surface area contributed by atoms with Crippen LogP contribution in [0.25, 0.3) is 21.7 Å². The SMILES string of the molecule is C=CCNC(=O)Nc1ccc2ncc(-c3ccc(CNC(=O)OC(C)(C)C)s3)nc2n1. The predicted octanol–water partition coefficient (Wildman–Crippen LogP) is 4.09. The number of aromatic nitrogens is 3. The molecule has 162 valence electrons. The molecule has 31 heavy (non-hydrogen) atoms. The maximum absolute atomic E-state index is 11.8. The number of hydrogen-bond donors (Lipinski definition) is 3. The fourth-order valence-corrected chi connectivity index (χ4v) is 3.40. The second kappa shape index (κ2) is 9.52. The van der Waals surface area contributed by atoms with Crippen LogP contribution in [0.1, 0.15) is 25.6 Å². The van der Waals surface area contributed by atoms with Crippen LogP contribution in [0.5, 0.6) is 0 Å². The van der Waals surface area contributed by atoms with E-state index in [2.05, 4.69) is 37.5 Å². The first kappa shape index (κ1) is 22.2. The van der Waals surface area contributed by atoms with Gasteiger partial charge in [-0.2, -0.15) is 0 Å². The zero-order valence-electron chi connectivity index (χ0n) is 17.6. The molecular formula is C21H24N6O3S. The summed E-state index contributed by atoms with van der Waals surface area (Å²) in [4.78, 5) is 38.8. The van der Waals surface area contributed by atoms with E-state index >= 15 is 0 Å². The number of carbonyl (C=O) groups is 2. The first-order valence-electron chi connectivity index (χ1n) is 9.59. The van der Waals surface area contributed by atoms with Crippen molar-refractivity contribution in [3.05, 3.63) is 48.0 Å². The highest BCUT2D eigenvalue weighted by atomic mass is 32.1. The van der Waals surface area contributed by atoms with Crippen molar-refractivity contribution in [3.8, 4) is 10.6 Å². The Hall–Kier alpha value is -3.53. The van der Waals surface area contributed by atoms with Crippen LogP contribution in [0, 0.1) is 0 Å². The summed E-state index contributed by atoms with van der Waals surface area (Å²) in [7, 11) is 0. The second-order valence-corrected chi connectivity index (χ2v) is 8.71. The lowest BCUT2D eigenvalue weighted by Gasteiger charge is -2.19. The topological polar surface area (TPSA) is 118 Å². The maximum Gasteiger partial charge on any atom is 0.407 e. The van der Waals surface area contributed by atoms with Gasteiger partial charge in [-0.3, -0.25) is 10.3 Å². The van der Waals surface area contributed by atoms with Crippen LogP contribution in [-0.2, 0) is 11.3 Å². The highest BCUT2D eigenvalue weighted by Gasteiger charge is 2.16. The Labute approximate surface area is 184 Å². The fourth-order valence-electron chi connectivity index (χ4n) is 2.50. The summed E-state index contributed by atoms with van der Waals surface area (Å²) in [6, 6.07) is 6.86. The summed E-state index contributed by atoms with van der Waals surface area (Å²) in [5, 5.41) is 8.01. The van der Waals surface area contributed by atoms with Gasteiger partial charge in [-0.05, 0) is 45.0 Å². The summed E-state index contributed by atoms with van der Waals surface area (Å²) in [5.41, 5.74) is 1.14. The molecule has 3 aromatic rings. The van der Waals surface area contributed by atoms with Crippen molar-refractivity contribution in [1.82, 2.24) is 25.6 Å². The number of nitrogens with zero attached hydrogens (tertiary/aromatic N) is 3. The van der Waals surface area contributed by atoms with Crippen LogP contribution in [0.2, 0.25) is 0 Å². The van der Waals surface area contributed by atoms with E-state index in [1.807, 2.05) is 32.9 Å². The maximum atomic E-state index is 11.8. The Bertz CT molecular complexity index is 1110. The first-order chi connectivity index (χ1) is 14.7. The van der Waals surface area contributed by atoms with Gasteiger partial charge in [-0.15, -0.1) is 17.9 Å². The van der Waals surface area contributed by atoms with E-state index in [9.17, 15) is 9.59 Å². The molecule has 0 atom stereocenters. The highest BCUT2D eigenvalue weighted by Crippen LogP contribution is 2.27. The molecule has 3 amide bonds. The molecule has 0 radical (unpaired) electrons. The molecule has 0 fully saturated rings. The van der Waals surface area contributed by atoms with Gasteiger partial charge < -0.3 is 15.4 Å². The molecule has 0 saturated carbocycles. The van der Waals surface area contributed by atoms with Gasteiger partial charge in [0.05, 0.1) is 17.6 Å². The molecule has 0 unspecified atom stereocenters. The monoisotopic (exact) mass is 440 g/mol. The Balaban J connectivity index is 1.70. The van der Waals surface area contributed by atoms with Crippen LogP contribution in [0.4, 0.5) is 15.4 Å². The zero-order valence-corrected chi connectivity index (χ0v) is 18.4. The third-order valence-corrected chi connectivity index (χ3v) is 4.88. The van der Waals surface area contributed by atoms with Crippen molar-refractivity contribution in [3.63, 3.8) is 0 Å². The lowest BCUT2D eigenvalue weighted by molar-refractivity contribution is 0.0524. The number of carbonyl (C=O) groups excluding carboxylic acids is 2. The van der Waals surface area contributed by atoms with E-state index in [0.717, 1.165) is 9.75 Å². The molecule has 0 bridgehead atoms. The molecule has 3 rings (SSSR count). The summed E-state index contributed by atoms with van der Waals surface area (Å²) < 4.78 is 5.24. The van der Waals surface area contributed by atoms with Crippen LogP contribution in [0.15, 0.2) is 43.1 Å². The number of thiophene rings is 1. The van der Waals surface area contributed by atoms with E-state index in [4.69, 9.17) is 4.74 Å². The Morgan fingerprint density at radius 1 is 1.16 bits per heavy atom. The minimum atomic E-state index is -0.543. The standard InChI is InChI=1S/C21H24N6O3S/c1-5-10-22-19(28)27-17-9-7-14-18(26-17)25-15(12-23-14)16-8-6-13(31-16)11-24-20(29)30-21(2,3)4/h5-9,12H,1,10-11H2,2-4H3,(H,24,29)(H2,22,25,26,27,28). The molecule has 0 aliphatic carbocycles. The number of hydrogen-bond acceptors (Lipinski definition) is 7. The molecule has 0 spiro atoms. The summed E-state index contributed by atoms with van der Waals surface area (Å²) >= 11 is 1.49. The normalized spacial score (nSPS) is 11.1. The lowest BCUT2D eigenvalue weighted by atomic mass is 10.2. The first-order valence-corrected chi connectivity index (χ1v) is 10.4. The largest absolute Gasteiger partial charge is 0.444 e. The summed E-state index contributed by atoms with van der Waals surface area (Å²) in [6.07, 6.45) is 2.79. The van der Waals surface area contributed by atoms with Gasteiger partial charge in [0, 0.05) is 11.4 Å². The van der Waals surface area contributed by atoms with Crippen LogP contribution >= 0.6 is 11.3 Å². The van der Waals surface area contributed by atoms with E-state index < -0.39 is 11.7 Å². The van der Waals surface area contributed by atoms with Gasteiger partial charge >= 0.3 is 12.1 Å². The zero-order chi connectivity index (χ0) is 22.4. The third kappa shape index (κ3) is 6.48. The van der Waals surface area contributed by atoms with Gasteiger partial charge in [0.1, 0.15) is 22.6 Å². The quantitative estimate of drug-likeness (QED) is 0.497. The molecular weight excluding hydrogens is 416 g/mol. The van der Waals surface area contributed by atoms with Gasteiger partial charge in [-0.25, -0.2) is 19.6 Å². The number of ether oxygens (including phenoxy) is 1. The van der Waals surface area contributed by atoms with Gasteiger partial charge in [0.2, 0.25) is 0 Å². The molecule has 0 aliphatic heterocycles. The number of nitrogens with one attached hydrogen (secondary N) is 3. The molecule has 3 N–H and O–H groups in total. The van der Waals surface area contributed by atoms with Crippen LogP contribution in [0.3, 0.4) is 0 Å². The van der Waals surface area contributed by atoms with Gasteiger partial charge in [0.25, 0.3) is 0 Å². The average molecular weight is 441 g/mol. The van der Waals surface area contributed by atoms with E-state index in [0.29, 0.717) is 35.8 Å². The van der Waals surface area contributed by atoms with Crippen molar-refractivity contribution in [2.75, 3.05) is 11.9 Å². The minimum absolute atomic E-state index is 0.354. The highest BCUT2D eigenvalue weighted by molar-refractivity contribution is 7.15. The third-order valence-electron chi connectivity index (χ3n) is 3.78. The van der Waals surface area contributed by atoms with Crippen LogP contribution in [-0.4, -0.2) is 39.2 Å². The summed E-state index contributed by atoms with van der Waals surface area (Å²) in [5.74, 6) is 0.369. The molecule has 9 nitrogen and oxygen atoms in total. The van der Waals surface area contributed by atoms with Crippen molar-refractivity contribution in [2.24, 2.45) is 0 Å². The van der Waals surface area contributed by atoms with Crippen molar-refractivity contribution in [1.29, 1.82) is 0 Å². The van der Waals surface area contributed by atoms with Crippen molar-refractivity contribution in [2.45, 2.75) is 32.9 Å². The predicted molar refractivity (Wildman–Crippen MR) is 121 cm³/mol. The lowest BCUT2D eigenvalue weighted by Crippen LogP contribution is -2.31. The molecule has 3 aromatic heterocycles. The molecule has 3 heterocycles. The number of alkyl carbamates (subject to hydrolysis) is 1. The number of urea groups is 1. The van der Waals surface area contributed by atoms with E-state index in [1.165, 1.54) is 11.3 Å². The molecule has 10 heteroatoms. The molecule has 0 saturated heterocycles. The minimum Gasteiger partial charge on any atom is -0.444 e. The summed E-state index contributed by atoms with van der Waals surface area (Å²) in [6.45, 7) is 9.71. The van der Waals surface area contributed by atoms with E-state index in [1.54, 1.807) is 24.4 Å².